The molecule has 2 N–H and O–H groups in total. The third kappa shape index (κ3) is 6.96. The van der Waals surface area contributed by atoms with Crippen LogP contribution in [0, 0.1) is 5.82 Å². The molecule has 2 aromatic carbocycles. The van der Waals surface area contributed by atoms with Gasteiger partial charge < -0.3 is 15.2 Å². The Hall–Kier alpha value is -2.17. The Bertz CT molecular complexity index is 779. The van der Waals surface area contributed by atoms with Gasteiger partial charge in [0, 0.05) is 6.54 Å². The van der Waals surface area contributed by atoms with Gasteiger partial charge >= 0.3 is 12.4 Å². The number of alkyl halides is 6. The van der Waals surface area contributed by atoms with Gasteiger partial charge in [0.05, 0.1) is 36.5 Å². The van der Waals surface area contributed by atoms with Crippen molar-refractivity contribution in [2.45, 2.75) is 31.4 Å². The first-order valence-corrected chi connectivity index (χ1v) is 8.92. The van der Waals surface area contributed by atoms with Crippen LogP contribution in [0.25, 0.3) is 0 Å². The topological polar surface area (TPSA) is 41.5 Å². The first-order valence-electron chi connectivity index (χ1n) is 8.92. The van der Waals surface area contributed by atoms with Crippen LogP contribution in [0.2, 0.25) is 0 Å². The summed E-state index contributed by atoms with van der Waals surface area (Å²) in [5, 5.41) is 12.4. The molecule has 0 saturated carbocycles. The van der Waals surface area contributed by atoms with E-state index in [4.69, 9.17) is 9.84 Å². The minimum absolute atomic E-state index is 0.0197. The minimum atomic E-state index is -4.88. The van der Waals surface area contributed by atoms with E-state index in [1.165, 1.54) is 12.1 Å². The predicted octanol–water partition coefficient (Wildman–Crippen LogP) is 5.26. The van der Waals surface area contributed by atoms with Crippen LogP contribution in [0.5, 0.6) is 0 Å². The summed E-state index contributed by atoms with van der Waals surface area (Å²) in [5.41, 5.74) is -2.19. The van der Waals surface area contributed by atoms with E-state index in [1.807, 2.05) is 0 Å². The van der Waals surface area contributed by atoms with Crippen molar-refractivity contribution < 1.29 is 40.6 Å². The number of rotatable bonds is 2. The summed E-state index contributed by atoms with van der Waals surface area (Å²) < 4.78 is 92.0. The zero-order chi connectivity index (χ0) is 22.5. The number of aliphatic hydroxyl groups excluding tert-OH is 1. The van der Waals surface area contributed by atoms with Crippen LogP contribution in [0.1, 0.15) is 41.3 Å². The number of hydrogen-bond acceptors (Lipinski definition) is 3. The lowest BCUT2D eigenvalue weighted by Gasteiger charge is -2.23. The molecule has 1 saturated heterocycles. The van der Waals surface area contributed by atoms with Gasteiger partial charge in [0.2, 0.25) is 0 Å². The van der Waals surface area contributed by atoms with Crippen molar-refractivity contribution in [1.29, 1.82) is 0 Å². The van der Waals surface area contributed by atoms with E-state index >= 15 is 0 Å². The van der Waals surface area contributed by atoms with Gasteiger partial charge in [0.1, 0.15) is 5.82 Å². The Labute approximate surface area is 168 Å². The molecule has 2 aromatic rings. The summed E-state index contributed by atoms with van der Waals surface area (Å²) in [6, 6.07) is 7.78. The lowest BCUT2D eigenvalue weighted by atomic mass is 10.0. The van der Waals surface area contributed by atoms with Crippen LogP contribution in [-0.2, 0) is 17.1 Å². The summed E-state index contributed by atoms with van der Waals surface area (Å²) in [7, 11) is 0. The molecule has 1 fully saturated rings. The fourth-order valence-electron chi connectivity index (χ4n) is 2.69. The molecule has 3 nitrogen and oxygen atoms in total. The molecule has 0 unspecified atom stereocenters. The summed E-state index contributed by atoms with van der Waals surface area (Å²) in [6.07, 6.45) is -11.2. The molecular weight excluding hydrogens is 419 g/mol. The lowest BCUT2D eigenvalue weighted by Crippen LogP contribution is -2.34. The van der Waals surface area contributed by atoms with Gasteiger partial charge in [-0.1, -0.05) is 12.1 Å². The zero-order valence-corrected chi connectivity index (χ0v) is 15.8. The second-order valence-corrected chi connectivity index (χ2v) is 6.65. The summed E-state index contributed by atoms with van der Waals surface area (Å²) >= 11 is 0. The molecule has 0 aliphatic carbocycles. The molecule has 10 heteroatoms. The van der Waals surface area contributed by atoms with E-state index in [9.17, 15) is 30.7 Å². The number of ether oxygens (including phenoxy) is 1. The maximum Gasteiger partial charge on any atom is 0.416 e. The van der Waals surface area contributed by atoms with Crippen LogP contribution in [-0.4, -0.2) is 24.9 Å². The highest BCUT2D eigenvalue weighted by Crippen LogP contribution is 2.37. The highest BCUT2D eigenvalue weighted by Gasteiger charge is 2.37. The van der Waals surface area contributed by atoms with Crippen molar-refractivity contribution in [3.8, 4) is 0 Å². The Morgan fingerprint density at radius 1 is 0.967 bits per heavy atom. The lowest BCUT2D eigenvalue weighted by molar-refractivity contribution is -0.143. The molecule has 3 rings (SSSR count). The van der Waals surface area contributed by atoms with Crippen molar-refractivity contribution in [1.82, 2.24) is 5.32 Å². The highest BCUT2D eigenvalue weighted by molar-refractivity contribution is 5.34. The van der Waals surface area contributed by atoms with Crippen LogP contribution < -0.4 is 5.32 Å². The second-order valence-electron chi connectivity index (χ2n) is 6.65. The Morgan fingerprint density at radius 2 is 1.50 bits per heavy atom. The summed E-state index contributed by atoms with van der Waals surface area (Å²) in [5.74, 6) is -0.194. The Balaban J connectivity index is 0.000000220. The fraction of sp³-hybridized carbons (Fsp3) is 0.400. The maximum atomic E-state index is 12.6. The first kappa shape index (κ1) is 24.1. The number of hydrogen-bond donors (Lipinski definition) is 2. The van der Waals surface area contributed by atoms with Crippen LogP contribution >= 0.6 is 0 Å². The van der Waals surface area contributed by atoms with Crippen molar-refractivity contribution in [3.63, 3.8) is 0 Å². The molecule has 0 aromatic heterocycles. The molecule has 0 bridgehead atoms. The Morgan fingerprint density at radius 3 is 1.90 bits per heavy atom. The van der Waals surface area contributed by atoms with E-state index in [-0.39, 0.29) is 17.9 Å². The van der Waals surface area contributed by atoms with E-state index in [1.54, 1.807) is 12.1 Å². The maximum absolute atomic E-state index is 12.6. The van der Waals surface area contributed by atoms with E-state index in [2.05, 4.69) is 5.32 Å². The van der Waals surface area contributed by atoms with Crippen LogP contribution in [0.3, 0.4) is 0 Å². The Kier molecular flexibility index (Phi) is 7.84. The standard InChI is InChI=1S/C10H8F6O.C10H12FNO/c1-5(17)6-2-7(9(11,12)13)4-8(3-6)10(14,15)16;11-9-3-1-8(2-4-9)10-7-13-6-5-12-10/h2-5,17H,1H3;1-4,10,12H,5-7H2/t5-;10-/m11/s1. The molecule has 1 aliphatic heterocycles. The van der Waals surface area contributed by atoms with Gasteiger partial charge in [0.15, 0.2) is 0 Å². The average molecular weight is 439 g/mol. The van der Waals surface area contributed by atoms with Crippen LogP contribution in [0.4, 0.5) is 30.7 Å². The minimum Gasteiger partial charge on any atom is -0.389 e. The van der Waals surface area contributed by atoms with Crippen molar-refractivity contribution in [2.24, 2.45) is 0 Å². The number of benzene rings is 2. The number of morpholine rings is 1. The molecule has 1 heterocycles. The van der Waals surface area contributed by atoms with Gasteiger partial charge in [0.25, 0.3) is 0 Å². The SMILES string of the molecule is C[C@@H](O)c1cc(C(F)(F)F)cc(C(F)(F)F)c1.Fc1ccc([C@H]2COCCN2)cc1. The summed E-state index contributed by atoms with van der Waals surface area (Å²) in [6.45, 7) is 3.39. The van der Waals surface area contributed by atoms with Gasteiger partial charge in [-0.2, -0.15) is 26.3 Å². The fourth-order valence-corrected chi connectivity index (χ4v) is 2.69. The highest BCUT2D eigenvalue weighted by atomic mass is 19.4. The normalized spacial score (nSPS) is 18.4. The van der Waals surface area contributed by atoms with Crippen LogP contribution in [0.15, 0.2) is 42.5 Å². The first-order chi connectivity index (χ1) is 13.9. The molecule has 0 amide bonds. The molecule has 0 spiro atoms. The quantitative estimate of drug-likeness (QED) is 0.627. The third-order valence-corrected chi connectivity index (χ3v) is 4.29. The molecule has 30 heavy (non-hydrogen) atoms. The van der Waals surface area contributed by atoms with Gasteiger partial charge in [-0.15, -0.1) is 0 Å². The molecule has 1 aliphatic rings. The average Bonchev–Trinajstić information content (AvgIpc) is 2.68. The van der Waals surface area contributed by atoms with E-state index < -0.39 is 35.1 Å². The van der Waals surface area contributed by atoms with Gasteiger partial charge in [-0.05, 0) is 48.4 Å². The van der Waals surface area contributed by atoms with Gasteiger partial charge in [-0.25, -0.2) is 4.39 Å². The number of halogens is 7. The van der Waals surface area contributed by atoms with Crippen molar-refractivity contribution >= 4 is 0 Å². The summed E-state index contributed by atoms with van der Waals surface area (Å²) in [4.78, 5) is 0. The number of aliphatic hydroxyl groups is 1. The number of nitrogens with one attached hydrogen (secondary N) is 1. The largest absolute Gasteiger partial charge is 0.416 e. The molecule has 166 valence electrons. The third-order valence-electron chi connectivity index (χ3n) is 4.29. The molecule has 2 atom stereocenters. The van der Waals surface area contributed by atoms with E-state index in [0.717, 1.165) is 25.6 Å². The van der Waals surface area contributed by atoms with E-state index in [0.29, 0.717) is 18.7 Å². The van der Waals surface area contributed by atoms with Gasteiger partial charge in [-0.3, -0.25) is 0 Å². The monoisotopic (exact) mass is 439 g/mol. The molecule has 0 radical (unpaired) electrons. The predicted molar refractivity (Wildman–Crippen MR) is 95.0 cm³/mol. The smallest absolute Gasteiger partial charge is 0.389 e. The van der Waals surface area contributed by atoms with Crippen molar-refractivity contribution in [2.75, 3.05) is 19.8 Å². The van der Waals surface area contributed by atoms with Crippen molar-refractivity contribution in [3.05, 3.63) is 70.5 Å². The zero-order valence-electron chi connectivity index (χ0n) is 15.8. The molecular formula is C20H20F7NO2. The second kappa shape index (κ2) is 9.76.